The number of nitrogens with one attached hydrogen (secondary N) is 1. The molecular weight excluding hydrogens is 378 g/mol. The highest BCUT2D eigenvalue weighted by Crippen LogP contribution is 2.17. The normalized spacial score (nSPS) is 10.5. The third kappa shape index (κ3) is 4.40. The van der Waals surface area contributed by atoms with Crippen LogP contribution in [-0.4, -0.2) is 31.4 Å². The van der Waals surface area contributed by atoms with Gasteiger partial charge in [-0.1, -0.05) is 27.7 Å². The third-order valence-electron chi connectivity index (χ3n) is 2.87. The molecule has 6 nitrogen and oxygen atoms in total. The van der Waals surface area contributed by atoms with Crippen molar-refractivity contribution in [2.75, 3.05) is 11.1 Å². The molecule has 3 aromatic rings. The van der Waals surface area contributed by atoms with Crippen LogP contribution in [0.15, 0.2) is 64.6 Å². The number of hydrogen-bond donors (Lipinski definition) is 1. The lowest BCUT2D eigenvalue weighted by molar-refractivity contribution is -0.113. The van der Waals surface area contributed by atoms with Crippen molar-refractivity contribution in [1.82, 2.24) is 19.7 Å². The zero-order chi connectivity index (χ0) is 16.1. The second kappa shape index (κ2) is 7.38. The molecule has 8 heteroatoms. The first-order chi connectivity index (χ1) is 11.2. The van der Waals surface area contributed by atoms with Crippen LogP contribution in [0.3, 0.4) is 0 Å². The highest BCUT2D eigenvalue weighted by molar-refractivity contribution is 9.10. The summed E-state index contributed by atoms with van der Waals surface area (Å²) in [6.07, 6.45) is 5.13. The van der Waals surface area contributed by atoms with Gasteiger partial charge in [-0.3, -0.25) is 9.36 Å². The van der Waals surface area contributed by atoms with E-state index in [2.05, 4.69) is 36.4 Å². The first-order valence-corrected chi connectivity index (χ1v) is 8.49. The molecular formula is C15H12BrN5OS. The Morgan fingerprint density at radius 1 is 1.17 bits per heavy atom. The molecule has 1 amide bonds. The van der Waals surface area contributed by atoms with Gasteiger partial charge in [-0.25, -0.2) is 4.98 Å². The van der Waals surface area contributed by atoms with Crippen LogP contribution in [0.25, 0.3) is 5.82 Å². The number of halogens is 1. The van der Waals surface area contributed by atoms with Gasteiger partial charge >= 0.3 is 0 Å². The largest absolute Gasteiger partial charge is 0.325 e. The first-order valence-electron chi connectivity index (χ1n) is 6.71. The SMILES string of the molecule is O=C(CSc1ccc(-n2ccnc2)nn1)Nc1ccc(Br)cc1. The minimum Gasteiger partial charge on any atom is -0.325 e. The number of nitrogens with zero attached hydrogens (tertiary/aromatic N) is 4. The summed E-state index contributed by atoms with van der Waals surface area (Å²) in [5, 5.41) is 11.7. The first kappa shape index (κ1) is 15.7. The number of aromatic nitrogens is 4. The lowest BCUT2D eigenvalue weighted by Crippen LogP contribution is -2.14. The minimum absolute atomic E-state index is 0.0854. The third-order valence-corrected chi connectivity index (χ3v) is 4.32. The van der Waals surface area contributed by atoms with Crippen molar-refractivity contribution in [3.8, 4) is 5.82 Å². The monoisotopic (exact) mass is 389 g/mol. The van der Waals surface area contributed by atoms with Crippen molar-refractivity contribution < 1.29 is 4.79 Å². The predicted octanol–water partition coefficient (Wildman–Crippen LogP) is 3.16. The molecule has 0 fully saturated rings. The Morgan fingerprint density at radius 2 is 2.00 bits per heavy atom. The fourth-order valence-corrected chi connectivity index (χ4v) is 2.67. The Balaban J connectivity index is 1.53. The number of benzene rings is 1. The van der Waals surface area contributed by atoms with Gasteiger partial charge in [0.15, 0.2) is 5.82 Å². The summed E-state index contributed by atoms with van der Waals surface area (Å²) in [5.74, 6) is 0.874. The summed E-state index contributed by atoms with van der Waals surface area (Å²) in [4.78, 5) is 15.9. The molecule has 0 atom stereocenters. The van der Waals surface area contributed by atoms with E-state index in [1.807, 2.05) is 36.4 Å². The molecule has 116 valence electrons. The van der Waals surface area contributed by atoms with Crippen molar-refractivity contribution in [1.29, 1.82) is 0 Å². The zero-order valence-corrected chi connectivity index (χ0v) is 14.3. The average Bonchev–Trinajstić information content (AvgIpc) is 3.10. The highest BCUT2D eigenvalue weighted by atomic mass is 79.9. The van der Waals surface area contributed by atoms with E-state index in [1.165, 1.54) is 11.8 Å². The van der Waals surface area contributed by atoms with Gasteiger partial charge < -0.3 is 5.32 Å². The Morgan fingerprint density at radius 3 is 2.65 bits per heavy atom. The maximum atomic E-state index is 11.9. The summed E-state index contributed by atoms with van der Waals surface area (Å²) < 4.78 is 2.74. The van der Waals surface area contributed by atoms with Gasteiger partial charge in [0.05, 0.1) is 5.75 Å². The molecule has 1 N–H and O–H groups in total. The fourth-order valence-electron chi connectivity index (χ4n) is 1.79. The van der Waals surface area contributed by atoms with E-state index in [0.717, 1.165) is 10.2 Å². The van der Waals surface area contributed by atoms with Crippen molar-refractivity contribution >= 4 is 39.3 Å². The van der Waals surface area contributed by atoms with Crippen LogP contribution in [-0.2, 0) is 4.79 Å². The molecule has 2 aromatic heterocycles. The number of rotatable bonds is 5. The number of amides is 1. The lowest BCUT2D eigenvalue weighted by atomic mass is 10.3. The Kier molecular flexibility index (Phi) is 5.04. The molecule has 0 spiro atoms. The van der Waals surface area contributed by atoms with Crippen LogP contribution in [0.1, 0.15) is 0 Å². The smallest absolute Gasteiger partial charge is 0.234 e. The number of hydrogen-bond acceptors (Lipinski definition) is 5. The second-order valence-corrected chi connectivity index (χ2v) is 6.45. The van der Waals surface area contributed by atoms with Crippen LogP contribution in [0.2, 0.25) is 0 Å². The molecule has 0 aliphatic heterocycles. The van der Waals surface area contributed by atoms with E-state index < -0.39 is 0 Å². The van der Waals surface area contributed by atoms with Crippen molar-refractivity contribution in [2.45, 2.75) is 5.03 Å². The summed E-state index contributed by atoms with van der Waals surface area (Å²) in [5.41, 5.74) is 0.764. The fraction of sp³-hybridized carbons (Fsp3) is 0.0667. The van der Waals surface area contributed by atoms with Gasteiger partial charge in [0.2, 0.25) is 5.91 Å². The molecule has 0 saturated heterocycles. The lowest BCUT2D eigenvalue weighted by Gasteiger charge is -2.05. The Labute approximate surface area is 145 Å². The molecule has 0 aliphatic carbocycles. The van der Waals surface area contributed by atoms with E-state index in [9.17, 15) is 4.79 Å². The van der Waals surface area contributed by atoms with Crippen molar-refractivity contribution in [3.05, 3.63) is 59.6 Å². The molecule has 0 bridgehead atoms. The van der Waals surface area contributed by atoms with Crippen LogP contribution in [0.5, 0.6) is 0 Å². The maximum absolute atomic E-state index is 11.9. The predicted molar refractivity (Wildman–Crippen MR) is 92.6 cm³/mol. The molecule has 0 saturated carbocycles. The summed E-state index contributed by atoms with van der Waals surface area (Å²) in [6.45, 7) is 0. The Bertz CT molecular complexity index is 775. The summed E-state index contributed by atoms with van der Waals surface area (Å²) in [6, 6.07) is 11.1. The average molecular weight is 390 g/mol. The quantitative estimate of drug-likeness (QED) is 0.678. The van der Waals surface area contributed by atoms with Crippen LogP contribution < -0.4 is 5.32 Å². The molecule has 0 aliphatic rings. The van der Waals surface area contributed by atoms with E-state index >= 15 is 0 Å². The van der Waals surface area contributed by atoms with Gasteiger partial charge in [-0.05, 0) is 36.4 Å². The molecule has 0 unspecified atom stereocenters. The van der Waals surface area contributed by atoms with Crippen LogP contribution in [0, 0.1) is 0 Å². The number of anilines is 1. The van der Waals surface area contributed by atoms with Gasteiger partial charge in [0.1, 0.15) is 11.4 Å². The molecule has 3 rings (SSSR count). The zero-order valence-electron chi connectivity index (χ0n) is 11.9. The summed E-state index contributed by atoms with van der Waals surface area (Å²) >= 11 is 4.69. The molecule has 0 radical (unpaired) electrons. The van der Waals surface area contributed by atoms with Gasteiger partial charge in [-0.2, -0.15) is 0 Å². The number of carbonyl (C=O) groups is 1. The number of imidazole rings is 1. The molecule has 23 heavy (non-hydrogen) atoms. The summed E-state index contributed by atoms with van der Waals surface area (Å²) in [7, 11) is 0. The van der Waals surface area contributed by atoms with E-state index in [0.29, 0.717) is 10.8 Å². The van der Waals surface area contributed by atoms with E-state index in [4.69, 9.17) is 0 Å². The van der Waals surface area contributed by atoms with Gasteiger partial charge in [-0.15, -0.1) is 10.2 Å². The minimum atomic E-state index is -0.0854. The van der Waals surface area contributed by atoms with Gasteiger partial charge in [0.25, 0.3) is 0 Å². The van der Waals surface area contributed by atoms with Crippen LogP contribution >= 0.6 is 27.7 Å². The topological polar surface area (TPSA) is 72.7 Å². The molecule has 1 aromatic carbocycles. The van der Waals surface area contributed by atoms with Crippen LogP contribution in [0.4, 0.5) is 5.69 Å². The van der Waals surface area contributed by atoms with E-state index in [-0.39, 0.29) is 11.7 Å². The highest BCUT2D eigenvalue weighted by Gasteiger charge is 2.06. The number of thioether (sulfide) groups is 1. The standard InChI is InChI=1S/C15H12BrN5OS/c16-11-1-3-12(4-2-11)18-14(22)9-23-15-6-5-13(19-20-15)21-8-7-17-10-21/h1-8,10H,9H2,(H,18,22). The number of carbonyl (C=O) groups excluding carboxylic acids is 1. The van der Waals surface area contributed by atoms with Crippen molar-refractivity contribution in [3.63, 3.8) is 0 Å². The maximum Gasteiger partial charge on any atom is 0.234 e. The van der Waals surface area contributed by atoms with Gasteiger partial charge in [0, 0.05) is 22.6 Å². The van der Waals surface area contributed by atoms with Crippen molar-refractivity contribution in [2.24, 2.45) is 0 Å². The second-order valence-electron chi connectivity index (χ2n) is 4.54. The van der Waals surface area contributed by atoms with E-state index in [1.54, 1.807) is 23.3 Å². The molecule has 2 heterocycles. The Hall–Kier alpha value is -2.19.